The maximum absolute atomic E-state index is 15.4. The van der Waals surface area contributed by atoms with Gasteiger partial charge in [-0.15, -0.1) is 0 Å². The number of fused-ring (bicyclic) bond motifs is 2. The van der Waals surface area contributed by atoms with E-state index in [2.05, 4.69) is 4.98 Å². The van der Waals surface area contributed by atoms with Crippen LogP contribution in [0.3, 0.4) is 0 Å². The zero-order valence-corrected chi connectivity index (χ0v) is 15.3. The molecule has 2 heterocycles. The number of aryl methyl sites for hydroxylation is 2. The highest BCUT2D eigenvalue weighted by Crippen LogP contribution is 2.37. The number of rotatable bonds is 3. The van der Waals surface area contributed by atoms with Gasteiger partial charge in [-0.2, -0.15) is 0 Å². The summed E-state index contributed by atoms with van der Waals surface area (Å²) in [5, 5.41) is 0.873. The fraction of sp³-hybridized carbons (Fsp3) is 0.524. The Balaban J connectivity index is 1.69. The summed E-state index contributed by atoms with van der Waals surface area (Å²) in [7, 11) is 1.64. The lowest BCUT2D eigenvalue weighted by molar-refractivity contribution is 0.0117. The Morgan fingerprint density at radius 2 is 2.08 bits per heavy atom. The SMILES string of the molecule is COC1CCC(F)(C(=O)c2cc3cc4c(nc3cc2C)OCCC4)CC1. The molecule has 0 N–H and O–H groups in total. The van der Waals surface area contributed by atoms with Crippen molar-refractivity contribution in [2.45, 2.75) is 57.2 Å². The Kier molecular flexibility index (Phi) is 4.43. The quantitative estimate of drug-likeness (QED) is 0.767. The number of alkyl halides is 1. The molecule has 4 nitrogen and oxygen atoms in total. The van der Waals surface area contributed by atoms with Gasteiger partial charge in [-0.05, 0) is 69.2 Å². The van der Waals surface area contributed by atoms with Crippen molar-refractivity contribution in [3.63, 3.8) is 0 Å². The summed E-state index contributed by atoms with van der Waals surface area (Å²) in [5.74, 6) is 0.280. The number of carbonyl (C=O) groups is 1. The Bertz CT molecular complexity index is 856. The molecule has 0 bridgehead atoms. The van der Waals surface area contributed by atoms with Crippen LogP contribution in [-0.2, 0) is 11.2 Å². The van der Waals surface area contributed by atoms with Gasteiger partial charge in [0, 0.05) is 23.6 Å². The van der Waals surface area contributed by atoms with Crippen molar-refractivity contribution in [3.05, 3.63) is 34.9 Å². The Labute approximate surface area is 152 Å². The largest absolute Gasteiger partial charge is 0.477 e. The van der Waals surface area contributed by atoms with Crippen LogP contribution < -0.4 is 4.74 Å². The van der Waals surface area contributed by atoms with E-state index in [9.17, 15) is 4.79 Å². The first-order chi connectivity index (χ1) is 12.5. The Morgan fingerprint density at radius 1 is 1.31 bits per heavy atom. The van der Waals surface area contributed by atoms with Crippen molar-refractivity contribution in [2.75, 3.05) is 13.7 Å². The maximum atomic E-state index is 15.4. The molecule has 0 amide bonds. The van der Waals surface area contributed by atoms with Crippen LogP contribution in [0.4, 0.5) is 4.39 Å². The van der Waals surface area contributed by atoms with Crippen LogP contribution in [0.5, 0.6) is 5.88 Å². The lowest BCUT2D eigenvalue weighted by atomic mass is 9.79. The molecular formula is C21H24FNO3. The lowest BCUT2D eigenvalue weighted by Gasteiger charge is -2.32. The monoisotopic (exact) mass is 357 g/mol. The molecular weight excluding hydrogens is 333 g/mol. The summed E-state index contributed by atoms with van der Waals surface area (Å²) in [6.45, 7) is 2.53. The van der Waals surface area contributed by atoms with Crippen LogP contribution in [0, 0.1) is 6.92 Å². The summed E-state index contributed by atoms with van der Waals surface area (Å²) < 4.78 is 26.3. The molecule has 2 aliphatic rings. The van der Waals surface area contributed by atoms with Crippen molar-refractivity contribution in [1.29, 1.82) is 0 Å². The highest BCUT2D eigenvalue weighted by molar-refractivity contribution is 6.06. The van der Waals surface area contributed by atoms with Crippen molar-refractivity contribution < 1.29 is 18.7 Å². The second-order valence-electron chi connectivity index (χ2n) is 7.49. The molecule has 0 atom stereocenters. The van der Waals surface area contributed by atoms with E-state index in [-0.39, 0.29) is 18.9 Å². The minimum atomic E-state index is -1.79. The minimum absolute atomic E-state index is 0.0556. The number of carbonyl (C=O) groups excluding carboxylic acids is 1. The first kappa shape index (κ1) is 17.4. The van der Waals surface area contributed by atoms with E-state index >= 15 is 4.39 Å². The highest BCUT2D eigenvalue weighted by Gasteiger charge is 2.43. The molecule has 1 fully saturated rings. The van der Waals surface area contributed by atoms with Gasteiger partial charge in [-0.25, -0.2) is 9.37 Å². The van der Waals surface area contributed by atoms with Crippen LogP contribution in [0.2, 0.25) is 0 Å². The van der Waals surface area contributed by atoms with Crippen LogP contribution >= 0.6 is 0 Å². The van der Waals surface area contributed by atoms with Gasteiger partial charge in [0.15, 0.2) is 11.5 Å². The number of ether oxygens (including phenoxy) is 2. The standard InChI is InChI=1S/C21H24FNO3/c1-13-10-18-15(11-14-4-3-9-26-20(14)23-18)12-17(13)19(24)21(22)7-5-16(25-2)6-8-21/h10-12,16H,3-9H2,1-2H3. The normalized spacial score (nSPS) is 25.6. The van der Waals surface area contributed by atoms with Crippen molar-refractivity contribution in [3.8, 4) is 5.88 Å². The molecule has 1 aromatic heterocycles. The lowest BCUT2D eigenvalue weighted by Crippen LogP contribution is -2.40. The molecule has 5 heteroatoms. The van der Waals surface area contributed by atoms with Gasteiger partial charge in [-0.1, -0.05) is 0 Å². The summed E-state index contributed by atoms with van der Waals surface area (Å²) in [5.41, 5.74) is 1.28. The van der Waals surface area contributed by atoms with Gasteiger partial charge in [-0.3, -0.25) is 4.79 Å². The van der Waals surface area contributed by atoms with Gasteiger partial charge in [0.05, 0.1) is 18.2 Å². The van der Waals surface area contributed by atoms with Gasteiger partial charge in [0.2, 0.25) is 5.88 Å². The summed E-state index contributed by atoms with van der Waals surface area (Å²) in [6.07, 6.45) is 3.54. The van der Waals surface area contributed by atoms with E-state index in [0.717, 1.165) is 34.9 Å². The second kappa shape index (κ2) is 6.62. The van der Waals surface area contributed by atoms with Crippen LogP contribution in [-0.4, -0.2) is 36.3 Å². The first-order valence-corrected chi connectivity index (χ1v) is 9.34. The number of hydrogen-bond acceptors (Lipinski definition) is 4. The number of halogens is 1. The number of pyridine rings is 1. The Hall–Kier alpha value is -2.01. The number of ketones is 1. The predicted molar refractivity (Wildman–Crippen MR) is 97.7 cm³/mol. The zero-order valence-electron chi connectivity index (χ0n) is 15.3. The van der Waals surface area contributed by atoms with Gasteiger partial charge >= 0.3 is 0 Å². The smallest absolute Gasteiger partial charge is 0.217 e. The topological polar surface area (TPSA) is 48.4 Å². The van der Waals surface area contributed by atoms with Crippen LogP contribution in [0.15, 0.2) is 18.2 Å². The molecule has 1 aliphatic carbocycles. The molecule has 0 unspecified atom stereocenters. The van der Waals surface area contributed by atoms with Crippen molar-refractivity contribution >= 4 is 16.7 Å². The van der Waals surface area contributed by atoms with E-state index in [0.29, 0.717) is 30.9 Å². The van der Waals surface area contributed by atoms with Gasteiger partial charge < -0.3 is 9.47 Å². The fourth-order valence-corrected chi connectivity index (χ4v) is 4.09. The third-order valence-corrected chi connectivity index (χ3v) is 5.74. The fourth-order valence-electron chi connectivity index (χ4n) is 4.09. The number of Topliss-reactive ketones (excluding diaryl/α,β-unsaturated/α-hetero) is 1. The first-order valence-electron chi connectivity index (χ1n) is 9.34. The molecule has 2 aromatic rings. The molecule has 0 radical (unpaired) electrons. The van der Waals surface area contributed by atoms with Gasteiger partial charge in [0.1, 0.15) is 0 Å². The van der Waals surface area contributed by atoms with Gasteiger partial charge in [0.25, 0.3) is 0 Å². The zero-order chi connectivity index (χ0) is 18.3. The van der Waals surface area contributed by atoms with Crippen LogP contribution in [0.1, 0.15) is 53.6 Å². The van der Waals surface area contributed by atoms with E-state index in [1.54, 1.807) is 13.2 Å². The molecule has 0 saturated heterocycles. The summed E-state index contributed by atoms with van der Waals surface area (Å²) in [6, 6.07) is 5.70. The molecule has 138 valence electrons. The van der Waals surface area contributed by atoms with E-state index in [1.807, 2.05) is 19.1 Å². The molecule has 4 rings (SSSR count). The number of nitrogens with zero attached hydrogens (tertiary/aromatic N) is 1. The summed E-state index contributed by atoms with van der Waals surface area (Å²) >= 11 is 0. The predicted octanol–water partition coefficient (Wildman–Crippen LogP) is 4.35. The van der Waals surface area contributed by atoms with E-state index in [4.69, 9.17) is 9.47 Å². The number of methoxy groups -OCH3 is 1. The summed E-state index contributed by atoms with van der Waals surface area (Å²) in [4.78, 5) is 17.6. The molecule has 1 aliphatic heterocycles. The average molecular weight is 357 g/mol. The van der Waals surface area contributed by atoms with Crippen LogP contribution in [0.25, 0.3) is 10.9 Å². The molecule has 26 heavy (non-hydrogen) atoms. The number of aromatic nitrogens is 1. The highest BCUT2D eigenvalue weighted by atomic mass is 19.1. The van der Waals surface area contributed by atoms with Crippen molar-refractivity contribution in [1.82, 2.24) is 4.98 Å². The molecule has 1 saturated carbocycles. The number of hydrogen-bond donors (Lipinski definition) is 0. The number of benzene rings is 1. The third kappa shape index (κ3) is 2.98. The second-order valence-corrected chi connectivity index (χ2v) is 7.49. The minimum Gasteiger partial charge on any atom is -0.477 e. The molecule has 0 spiro atoms. The van der Waals surface area contributed by atoms with E-state index in [1.165, 1.54) is 0 Å². The molecule has 1 aromatic carbocycles. The maximum Gasteiger partial charge on any atom is 0.217 e. The van der Waals surface area contributed by atoms with Crippen molar-refractivity contribution in [2.24, 2.45) is 0 Å². The van der Waals surface area contributed by atoms with E-state index < -0.39 is 11.5 Å². The average Bonchev–Trinajstić information content (AvgIpc) is 2.66. The Morgan fingerprint density at radius 3 is 2.81 bits per heavy atom. The third-order valence-electron chi connectivity index (χ3n) is 5.74.